The minimum atomic E-state index is -0.412. The molecule has 1 amide bonds. The smallest absolute Gasteiger partial charge is 0.252 e. The Labute approximate surface area is 133 Å². The van der Waals surface area contributed by atoms with Gasteiger partial charge in [-0.3, -0.25) is 4.79 Å². The van der Waals surface area contributed by atoms with Crippen LogP contribution in [0.5, 0.6) is 0 Å². The minimum Gasteiger partial charge on any atom is -0.365 e. The highest BCUT2D eigenvalue weighted by atomic mass is 16.1. The van der Waals surface area contributed by atoms with E-state index in [4.69, 9.17) is 5.73 Å². The van der Waals surface area contributed by atoms with Gasteiger partial charge in [0, 0.05) is 25.3 Å². The fraction of sp³-hybridized carbons (Fsp3) is 0.647. The SMILES string of the molecule is Cc1cc(C(N)=O)c(N(C)CC[C@H](C)N2CCCC2)nc1C. The number of nitrogens with zero attached hydrogens (tertiary/aromatic N) is 3. The minimum absolute atomic E-state index is 0.412. The fourth-order valence-corrected chi connectivity index (χ4v) is 3.02. The normalized spacial score (nSPS) is 16.7. The molecule has 0 radical (unpaired) electrons. The van der Waals surface area contributed by atoms with Crippen LogP contribution < -0.4 is 10.6 Å². The zero-order chi connectivity index (χ0) is 16.3. The van der Waals surface area contributed by atoms with E-state index < -0.39 is 5.91 Å². The standard InChI is InChI=1S/C17H28N4O/c1-12-11-15(16(18)22)17(19-14(12)3)20(4)10-7-13(2)21-8-5-6-9-21/h11,13H,5-10H2,1-4H3,(H2,18,22)/t13-/m0/s1. The van der Waals surface area contributed by atoms with E-state index in [0.29, 0.717) is 17.4 Å². The summed E-state index contributed by atoms with van der Waals surface area (Å²) in [4.78, 5) is 20.9. The number of carbonyl (C=O) groups is 1. The molecule has 1 aromatic heterocycles. The maximum atomic E-state index is 11.7. The molecule has 1 aromatic rings. The number of aromatic nitrogens is 1. The van der Waals surface area contributed by atoms with E-state index in [2.05, 4.69) is 21.7 Å². The van der Waals surface area contributed by atoms with Gasteiger partial charge in [0.05, 0.1) is 5.56 Å². The fourth-order valence-electron chi connectivity index (χ4n) is 3.02. The van der Waals surface area contributed by atoms with Gasteiger partial charge in [0.15, 0.2) is 0 Å². The lowest BCUT2D eigenvalue weighted by atomic mass is 10.1. The summed E-state index contributed by atoms with van der Waals surface area (Å²) in [5, 5.41) is 0. The van der Waals surface area contributed by atoms with E-state index in [1.54, 1.807) is 0 Å². The Morgan fingerprint density at radius 2 is 2.05 bits per heavy atom. The molecule has 2 rings (SSSR count). The average molecular weight is 304 g/mol. The van der Waals surface area contributed by atoms with E-state index in [9.17, 15) is 4.79 Å². The van der Waals surface area contributed by atoms with Crippen LogP contribution in [0.4, 0.5) is 5.82 Å². The number of amides is 1. The summed E-state index contributed by atoms with van der Waals surface area (Å²) in [5.74, 6) is 0.286. The molecule has 1 aliphatic heterocycles. The molecule has 0 aliphatic carbocycles. The Morgan fingerprint density at radius 1 is 1.41 bits per heavy atom. The van der Waals surface area contributed by atoms with Gasteiger partial charge in [-0.05, 0) is 64.8 Å². The van der Waals surface area contributed by atoms with Gasteiger partial charge in [-0.25, -0.2) is 4.98 Å². The van der Waals surface area contributed by atoms with Crippen LogP contribution in [0.2, 0.25) is 0 Å². The molecule has 1 aliphatic rings. The van der Waals surface area contributed by atoms with Gasteiger partial charge < -0.3 is 15.5 Å². The molecule has 1 atom stereocenters. The van der Waals surface area contributed by atoms with E-state index in [1.165, 1.54) is 25.9 Å². The number of nitrogens with two attached hydrogens (primary N) is 1. The number of anilines is 1. The average Bonchev–Trinajstić information content (AvgIpc) is 3.00. The topological polar surface area (TPSA) is 62.5 Å². The van der Waals surface area contributed by atoms with E-state index in [-0.39, 0.29) is 0 Å². The highest BCUT2D eigenvalue weighted by Gasteiger charge is 2.20. The Morgan fingerprint density at radius 3 is 2.64 bits per heavy atom. The molecule has 2 N–H and O–H groups in total. The van der Waals surface area contributed by atoms with Crippen molar-refractivity contribution in [2.24, 2.45) is 5.73 Å². The molecular weight excluding hydrogens is 276 g/mol. The molecule has 1 fully saturated rings. The first-order valence-electron chi connectivity index (χ1n) is 8.13. The van der Waals surface area contributed by atoms with Gasteiger partial charge in [-0.2, -0.15) is 0 Å². The Kier molecular flexibility index (Phi) is 5.40. The van der Waals surface area contributed by atoms with Crippen molar-refractivity contribution in [3.63, 3.8) is 0 Å². The summed E-state index contributed by atoms with van der Waals surface area (Å²) < 4.78 is 0. The summed E-state index contributed by atoms with van der Waals surface area (Å²) in [6, 6.07) is 2.41. The van der Waals surface area contributed by atoms with Gasteiger partial charge >= 0.3 is 0 Å². The van der Waals surface area contributed by atoms with Crippen molar-refractivity contribution in [3.8, 4) is 0 Å². The molecule has 0 aromatic carbocycles. The molecule has 0 spiro atoms. The predicted molar refractivity (Wildman–Crippen MR) is 90.4 cm³/mol. The van der Waals surface area contributed by atoms with Crippen LogP contribution in [0.15, 0.2) is 6.07 Å². The molecular formula is C17H28N4O. The second-order valence-corrected chi connectivity index (χ2v) is 6.43. The van der Waals surface area contributed by atoms with Crippen molar-refractivity contribution in [2.75, 3.05) is 31.6 Å². The van der Waals surface area contributed by atoms with Gasteiger partial charge in [-0.15, -0.1) is 0 Å². The molecule has 5 heteroatoms. The second kappa shape index (κ2) is 7.09. The number of pyridine rings is 1. The largest absolute Gasteiger partial charge is 0.365 e. The Balaban J connectivity index is 2.06. The van der Waals surface area contributed by atoms with Crippen LogP contribution in [-0.4, -0.2) is 48.5 Å². The number of rotatable bonds is 6. The highest BCUT2D eigenvalue weighted by Crippen LogP contribution is 2.21. The lowest BCUT2D eigenvalue weighted by Gasteiger charge is -2.27. The van der Waals surface area contributed by atoms with Crippen LogP contribution in [0, 0.1) is 13.8 Å². The van der Waals surface area contributed by atoms with Crippen molar-refractivity contribution >= 4 is 11.7 Å². The summed E-state index contributed by atoms with van der Waals surface area (Å²) in [6.07, 6.45) is 3.68. The van der Waals surface area contributed by atoms with Crippen molar-refractivity contribution in [1.29, 1.82) is 0 Å². The second-order valence-electron chi connectivity index (χ2n) is 6.43. The van der Waals surface area contributed by atoms with Crippen LogP contribution in [-0.2, 0) is 0 Å². The number of aryl methyl sites for hydroxylation is 2. The number of hydrogen-bond donors (Lipinski definition) is 1. The lowest BCUT2D eigenvalue weighted by molar-refractivity contribution is 0.100. The summed E-state index contributed by atoms with van der Waals surface area (Å²) >= 11 is 0. The quantitative estimate of drug-likeness (QED) is 0.874. The highest BCUT2D eigenvalue weighted by molar-refractivity contribution is 5.98. The maximum Gasteiger partial charge on any atom is 0.252 e. The summed E-state index contributed by atoms with van der Waals surface area (Å²) in [6.45, 7) is 9.48. The molecule has 0 unspecified atom stereocenters. The summed E-state index contributed by atoms with van der Waals surface area (Å²) in [5.41, 5.74) is 7.97. The van der Waals surface area contributed by atoms with Crippen molar-refractivity contribution < 1.29 is 4.79 Å². The van der Waals surface area contributed by atoms with Crippen molar-refractivity contribution in [2.45, 2.75) is 46.1 Å². The summed E-state index contributed by atoms with van der Waals surface area (Å²) in [7, 11) is 1.99. The van der Waals surface area contributed by atoms with E-state index >= 15 is 0 Å². The van der Waals surface area contributed by atoms with Crippen LogP contribution >= 0.6 is 0 Å². The monoisotopic (exact) mass is 304 g/mol. The third-order valence-electron chi connectivity index (χ3n) is 4.72. The molecule has 5 nitrogen and oxygen atoms in total. The van der Waals surface area contributed by atoms with Crippen molar-refractivity contribution in [3.05, 3.63) is 22.9 Å². The number of carbonyl (C=O) groups excluding carboxylic acids is 1. The van der Waals surface area contributed by atoms with Gasteiger partial charge in [-0.1, -0.05) is 0 Å². The van der Waals surface area contributed by atoms with Gasteiger partial charge in [0.25, 0.3) is 5.91 Å². The number of likely N-dealkylation sites (tertiary alicyclic amines) is 1. The predicted octanol–water partition coefficient (Wildman–Crippen LogP) is 2.11. The van der Waals surface area contributed by atoms with Crippen LogP contribution in [0.25, 0.3) is 0 Å². The molecule has 0 bridgehead atoms. The third kappa shape index (κ3) is 3.77. The molecule has 22 heavy (non-hydrogen) atoms. The first-order valence-corrected chi connectivity index (χ1v) is 8.13. The zero-order valence-corrected chi connectivity index (χ0v) is 14.2. The van der Waals surface area contributed by atoms with Crippen LogP contribution in [0.3, 0.4) is 0 Å². The molecule has 0 saturated carbocycles. The maximum absolute atomic E-state index is 11.7. The zero-order valence-electron chi connectivity index (χ0n) is 14.2. The van der Waals surface area contributed by atoms with Gasteiger partial charge in [0.1, 0.15) is 5.82 Å². The number of primary amides is 1. The van der Waals surface area contributed by atoms with Crippen molar-refractivity contribution in [1.82, 2.24) is 9.88 Å². The third-order valence-corrected chi connectivity index (χ3v) is 4.72. The Hall–Kier alpha value is -1.62. The molecule has 122 valence electrons. The molecule has 1 saturated heterocycles. The van der Waals surface area contributed by atoms with E-state index in [0.717, 1.165) is 24.2 Å². The first-order chi connectivity index (χ1) is 10.4. The lowest BCUT2D eigenvalue weighted by Crippen LogP contribution is -2.34. The Bertz CT molecular complexity index is 538. The van der Waals surface area contributed by atoms with Crippen LogP contribution in [0.1, 0.15) is 47.8 Å². The van der Waals surface area contributed by atoms with Gasteiger partial charge in [0.2, 0.25) is 0 Å². The molecule has 2 heterocycles. The number of hydrogen-bond acceptors (Lipinski definition) is 4. The van der Waals surface area contributed by atoms with E-state index in [1.807, 2.05) is 27.0 Å². The first kappa shape index (κ1) is 16.7.